The molecule has 5 heteroatoms. The molecule has 0 bridgehead atoms. The van der Waals surface area contributed by atoms with Gasteiger partial charge < -0.3 is 19.3 Å². The Bertz CT molecular complexity index is 1100. The second kappa shape index (κ2) is 9.90. The molecule has 0 atom stereocenters. The molecule has 0 amide bonds. The van der Waals surface area contributed by atoms with E-state index < -0.39 is 11.2 Å². The van der Waals surface area contributed by atoms with Gasteiger partial charge in [-0.25, -0.2) is 0 Å². The summed E-state index contributed by atoms with van der Waals surface area (Å²) in [5.41, 5.74) is 1.06. The largest absolute Gasteiger partial charge is 0.489 e. The number of benzene rings is 3. The van der Waals surface area contributed by atoms with E-state index in [0.29, 0.717) is 43.1 Å². The van der Waals surface area contributed by atoms with E-state index in [1.807, 2.05) is 99.6 Å². The topological polar surface area (TPSA) is 65.0 Å². The Morgan fingerprint density at radius 1 is 0.882 bits per heavy atom. The van der Waals surface area contributed by atoms with Gasteiger partial charge in [0.25, 0.3) is 0 Å². The first-order valence-corrected chi connectivity index (χ1v) is 11.7. The lowest BCUT2D eigenvalue weighted by Crippen LogP contribution is -2.46. The third-order valence-electron chi connectivity index (χ3n) is 5.85. The van der Waals surface area contributed by atoms with Crippen LogP contribution in [0.2, 0.25) is 0 Å². The van der Waals surface area contributed by atoms with Crippen molar-refractivity contribution < 1.29 is 24.1 Å². The zero-order valence-electron chi connectivity index (χ0n) is 20.0. The Labute approximate surface area is 201 Å². The average Bonchev–Trinajstić information content (AvgIpc) is 2.79. The summed E-state index contributed by atoms with van der Waals surface area (Å²) in [4.78, 5) is 12.4. The number of hydrogen-bond acceptors (Lipinski definition) is 5. The van der Waals surface area contributed by atoms with E-state index in [4.69, 9.17) is 14.2 Å². The molecule has 4 rings (SSSR count). The standard InChI is InChI=1S/C29H32O5/c1-28(2,3)34-27(30)23-17-29(31,18-23)25-15-14-24(32-19-21-10-6-4-7-11-21)16-26(25)33-20-22-12-8-5-9-13-22/h4-16,23,31H,17-20H2,1-3H3. The predicted octanol–water partition coefficient (Wildman–Crippen LogP) is 5.78. The van der Waals surface area contributed by atoms with Crippen molar-refractivity contribution in [3.8, 4) is 11.5 Å². The lowest BCUT2D eigenvalue weighted by molar-refractivity contribution is -0.176. The molecule has 1 aliphatic rings. The molecule has 0 radical (unpaired) electrons. The molecule has 0 unspecified atom stereocenters. The Balaban J connectivity index is 1.51. The number of aliphatic hydroxyl groups is 1. The molecule has 1 N–H and O–H groups in total. The first-order valence-electron chi connectivity index (χ1n) is 11.7. The summed E-state index contributed by atoms with van der Waals surface area (Å²) in [5.74, 6) is 0.605. The summed E-state index contributed by atoms with van der Waals surface area (Å²) in [7, 11) is 0. The highest BCUT2D eigenvalue weighted by molar-refractivity contribution is 5.75. The van der Waals surface area contributed by atoms with Crippen LogP contribution in [0.3, 0.4) is 0 Å². The van der Waals surface area contributed by atoms with Crippen LogP contribution in [0.1, 0.15) is 50.3 Å². The zero-order chi connectivity index (χ0) is 24.2. The van der Waals surface area contributed by atoms with Gasteiger partial charge in [-0.1, -0.05) is 60.7 Å². The minimum atomic E-state index is -1.15. The molecule has 1 saturated carbocycles. The maximum atomic E-state index is 12.4. The number of esters is 1. The highest BCUT2D eigenvalue weighted by atomic mass is 16.6. The number of ether oxygens (including phenoxy) is 3. The monoisotopic (exact) mass is 460 g/mol. The predicted molar refractivity (Wildman–Crippen MR) is 130 cm³/mol. The van der Waals surface area contributed by atoms with Crippen molar-refractivity contribution in [2.75, 3.05) is 0 Å². The fourth-order valence-electron chi connectivity index (χ4n) is 4.10. The molecule has 0 spiro atoms. The number of carbonyl (C=O) groups is 1. The van der Waals surface area contributed by atoms with Crippen molar-refractivity contribution in [2.24, 2.45) is 5.92 Å². The maximum Gasteiger partial charge on any atom is 0.309 e. The van der Waals surface area contributed by atoms with Gasteiger partial charge in [-0.05, 0) is 56.9 Å². The minimum absolute atomic E-state index is 0.272. The van der Waals surface area contributed by atoms with Gasteiger partial charge >= 0.3 is 5.97 Å². The van der Waals surface area contributed by atoms with Crippen LogP contribution >= 0.6 is 0 Å². The van der Waals surface area contributed by atoms with Crippen LogP contribution in [-0.2, 0) is 28.3 Å². The van der Waals surface area contributed by atoms with Crippen molar-refractivity contribution in [1.82, 2.24) is 0 Å². The third-order valence-corrected chi connectivity index (χ3v) is 5.85. The average molecular weight is 461 g/mol. The van der Waals surface area contributed by atoms with Gasteiger partial charge in [0.15, 0.2) is 0 Å². The summed E-state index contributed by atoms with van der Waals surface area (Å²) < 4.78 is 17.6. The fraction of sp³-hybridized carbons (Fsp3) is 0.345. The normalized spacial score (nSPS) is 19.7. The molecule has 0 heterocycles. The molecule has 0 saturated heterocycles. The first-order chi connectivity index (χ1) is 16.2. The minimum Gasteiger partial charge on any atom is -0.489 e. The fourth-order valence-corrected chi connectivity index (χ4v) is 4.10. The molecule has 0 aromatic heterocycles. The van der Waals surface area contributed by atoms with E-state index in [2.05, 4.69) is 0 Å². The molecule has 1 aliphatic carbocycles. The lowest BCUT2D eigenvalue weighted by Gasteiger charge is -2.43. The van der Waals surface area contributed by atoms with Crippen LogP contribution in [-0.4, -0.2) is 16.7 Å². The molecule has 3 aromatic carbocycles. The SMILES string of the molecule is CC(C)(C)OC(=O)C1CC(O)(c2ccc(OCc3ccccc3)cc2OCc2ccccc2)C1. The van der Waals surface area contributed by atoms with Gasteiger partial charge in [0.05, 0.1) is 11.5 Å². The molecular formula is C29H32O5. The quantitative estimate of drug-likeness (QED) is 0.432. The number of hydrogen-bond donors (Lipinski definition) is 1. The van der Waals surface area contributed by atoms with Crippen LogP contribution < -0.4 is 9.47 Å². The first kappa shape index (κ1) is 23.8. The Kier molecular flexibility index (Phi) is 6.94. The Hall–Kier alpha value is -3.31. The van der Waals surface area contributed by atoms with Gasteiger partial charge in [-0.3, -0.25) is 4.79 Å². The third kappa shape index (κ3) is 5.97. The smallest absolute Gasteiger partial charge is 0.309 e. The summed E-state index contributed by atoms with van der Waals surface area (Å²) in [5, 5.41) is 11.3. The van der Waals surface area contributed by atoms with Crippen molar-refractivity contribution in [2.45, 2.75) is 58.0 Å². The van der Waals surface area contributed by atoms with Gasteiger partial charge in [-0.2, -0.15) is 0 Å². The second-order valence-corrected chi connectivity index (χ2v) is 9.88. The van der Waals surface area contributed by atoms with E-state index in [1.165, 1.54) is 0 Å². The van der Waals surface area contributed by atoms with E-state index in [0.717, 1.165) is 11.1 Å². The highest BCUT2D eigenvalue weighted by Gasteiger charge is 2.50. The van der Waals surface area contributed by atoms with Gasteiger partial charge in [0, 0.05) is 11.6 Å². The summed E-state index contributed by atoms with van der Waals surface area (Å²) in [6, 6.07) is 25.3. The lowest BCUT2D eigenvalue weighted by atomic mass is 9.67. The number of rotatable bonds is 8. The van der Waals surface area contributed by atoms with E-state index in [9.17, 15) is 9.90 Å². The van der Waals surface area contributed by atoms with Crippen LogP contribution in [0.4, 0.5) is 0 Å². The van der Waals surface area contributed by atoms with Crippen molar-refractivity contribution in [3.05, 3.63) is 95.6 Å². The van der Waals surface area contributed by atoms with Crippen LogP contribution in [0.25, 0.3) is 0 Å². The summed E-state index contributed by atoms with van der Waals surface area (Å²) >= 11 is 0. The second-order valence-electron chi connectivity index (χ2n) is 9.88. The van der Waals surface area contributed by atoms with Crippen LogP contribution in [0.5, 0.6) is 11.5 Å². The summed E-state index contributed by atoms with van der Waals surface area (Å²) in [6.45, 7) is 6.34. The van der Waals surface area contributed by atoms with Crippen molar-refractivity contribution >= 4 is 5.97 Å². The maximum absolute atomic E-state index is 12.4. The molecule has 0 aliphatic heterocycles. The van der Waals surface area contributed by atoms with Gasteiger partial charge in [0.2, 0.25) is 0 Å². The highest BCUT2D eigenvalue weighted by Crippen LogP contribution is 2.50. The zero-order valence-corrected chi connectivity index (χ0v) is 20.0. The molecule has 34 heavy (non-hydrogen) atoms. The molecule has 3 aromatic rings. The van der Waals surface area contributed by atoms with Crippen molar-refractivity contribution in [3.63, 3.8) is 0 Å². The van der Waals surface area contributed by atoms with Gasteiger partial charge in [0.1, 0.15) is 30.3 Å². The van der Waals surface area contributed by atoms with E-state index >= 15 is 0 Å². The Morgan fingerprint density at radius 3 is 2.00 bits per heavy atom. The van der Waals surface area contributed by atoms with Crippen LogP contribution in [0.15, 0.2) is 78.9 Å². The molecule has 178 valence electrons. The Morgan fingerprint density at radius 2 is 1.44 bits per heavy atom. The van der Waals surface area contributed by atoms with E-state index in [-0.39, 0.29) is 11.9 Å². The summed E-state index contributed by atoms with van der Waals surface area (Å²) in [6.07, 6.45) is 0.599. The molecule has 5 nitrogen and oxygen atoms in total. The van der Waals surface area contributed by atoms with Gasteiger partial charge in [-0.15, -0.1) is 0 Å². The van der Waals surface area contributed by atoms with Crippen molar-refractivity contribution in [1.29, 1.82) is 0 Å². The van der Waals surface area contributed by atoms with E-state index in [1.54, 1.807) is 0 Å². The van der Waals surface area contributed by atoms with Crippen LogP contribution in [0, 0.1) is 5.92 Å². The number of carbonyl (C=O) groups excluding carboxylic acids is 1. The molecular weight excluding hydrogens is 428 g/mol. The molecule has 1 fully saturated rings.